The minimum Gasteiger partial charge on any atom is -0.491 e. The summed E-state index contributed by atoms with van der Waals surface area (Å²) in [5.74, 6) is 2.48. The Kier molecular flexibility index (Phi) is 7.06. The smallest absolute Gasteiger partial charge is 0.410 e. The first kappa shape index (κ1) is 29.5. The maximum Gasteiger partial charge on any atom is 0.410 e. The number of anilines is 2. The van der Waals surface area contributed by atoms with E-state index in [9.17, 15) is 9.59 Å². The van der Waals surface area contributed by atoms with E-state index in [4.69, 9.17) is 14.2 Å². The van der Waals surface area contributed by atoms with Crippen LogP contribution in [0.25, 0.3) is 21.9 Å². The quantitative estimate of drug-likeness (QED) is 0.227. The summed E-state index contributed by atoms with van der Waals surface area (Å²) in [6.07, 6.45) is 3.93. The Bertz CT molecular complexity index is 2000. The van der Waals surface area contributed by atoms with E-state index < -0.39 is 11.0 Å². The SMILES string of the molecule is Cc1cc(Nc2ncnc3ccc4c(c23)OCC2(CCN(C(=O)OC(C)(C)C)CC2)C4=O)ccc1Oc1ccc2c(c1)ncn2C. The Hall–Kier alpha value is -5.19. The van der Waals surface area contributed by atoms with Crippen molar-refractivity contribution in [3.05, 3.63) is 72.3 Å². The van der Waals surface area contributed by atoms with Crippen LogP contribution >= 0.6 is 0 Å². The van der Waals surface area contributed by atoms with Crippen LogP contribution < -0.4 is 14.8 Å². The third kappa shape index (κ3) is 5.35. The summed E-state index contributed by atoms with van der Waals surface area (Å²) in [5, 5.41) is 4.06. The first-order valence-corrected chi connectivity index (χ1v) is 15.4. The molecule has 0 atom stereocenters. The molecule has 11 heteroatoms. The van der Waals surface area contributed by atoms with E-state index in [1.54, 1.807) is 17.3 Å². The number of piperidine rings is 1. The molecule has 3 aromatic carbocycles. The minimum absolute atomic E-state index is 0.0236. The molecule has 11 nitrogen and oxygen atoms in total. The van der Waals surface area contributed by atoms with Crippen molar-refractivity contribution in [2.75, 3.05) is 25.0 Å². The van der Waals surface area contributed by atoms with Crippen LogP contribution in [0.2, 0.25) is 0 Å². The average molecular weight is 621 g/mol. The zero-order valence-electron chi connectivity index (χ0n) is 26.6. The van der Waals surface area contributed by atoms with Crippen LogP contribution in [0.1, 0.15) is 49.5 Å². The van der Waals surface area contributed by atoms with Gasteiger partial charge < -0.3 is 29.0 Å². The lowest BCUT2D eigenvalue weighted by Crippen LogP contribution is -2.51. The molecule has 1 saturated heterocycles. The molecule has 5 aromatic rings. The van der Waals surface area contributed by atoms with E-state index >= 15 is 0 Å². The number of nitrogens with one attached hydrogen (secondary N) is 1. The number of hydrogen-bond donors (Lipinski definition) is 1. The lowest BCUT2D eigenvalue weighted by Gasteiger charge is -2.43. The van der Waals surface area contributed by atoms with Gasteiger partial charge in [-0.25, -0.2) is 19.7 Å². The van der Waals surface area contributed by atoms with Crippen molar-refractivity contribution in [3.63, 3.8) is 0 Å². The van der Waals surface area contributed by atoms with E-state index in [0.29, 0.717) is 59.7 Å². The van der Waals surface area contributed by atoms with Crippen molar-refractivity contribution in [1.29, 1.82) is 0 Å². The number of carbonyl (C=O) groups excluding carboxylic acids is 2. The molecule has 1 N–H and O–H groups in total. The highest BCUT2D eigenvalue weighted by Gasteiger charge is 2.47. The number of aromatic nitrogens is 4. The second kappa shape index (κ2) is 11.0. The highest BCUT2D eigenvalue weighted by atomic mass is 16.6. The molecule has 1 amide bonds. The first-order valence-electron chi connectivity index (χ1n) is 15.4. The molecule has 2 aliphatic heterocycles. The van der Waals surface area contributed by atoms with Crippen molar-refractivity contribution in [3.8, 4) is 17.2 Å². The second-order valence-corrected chi connectivity index (χ2v) is 13.1. The number of ether oxygens (including phenoxy) is 3. The molecule has 0 unspecified atom stereocenters. The number of carbonyl (C=O) groups is 2. The van der Waals surface area contributed by atoms with Gasteiger partial charge in [0.2, 0.25) is 0 Å². The number of rotatable bonds is 4. The molecule has 2 aromatic heterocycles. The number of aryl methyl sites for hydroxylation is 2. The molecule has 1 spiro atoms. The van der Waals surface area contributed by atoms with Crippen LogP contribution in [0.15, 0.2) is 61.2 Å². The zero-order valence-corrected chi connectivity index (χ0v) is 26.6. The molecule has 0 bridgehead atoms. The number of Topliss-reactive ketones (excluding diaryl/α,β-unsaturated/α-hetero) is 1. The molecule has 0 aliphatic carbocycles. The van der Waals surface area contributed by atoms with Crippen molar-refractivity contribution in [1.82, 2.24) is 24.4 Å². The summed E-state index contributed by atoms with van der Waals surface area (Å²) in [4.78, 5) is 41.7. The monoisotopic (exact) mass is 620 g/mol. The summed E-state index contributed by atoms with van der Waals surface area (Å²) in [6, 6.07) is 15.3. The van der Waals surface area contributed by atoms with Gasteiger partial charge in [-0.1, -0.05) is 0 Å². The Balaban J connectivity index is 1.11. The molecule has 46 heavy (non-hydrogen) atoms. The van der Waals surface area contributed by atoms with Crippen LogP contribution in [0.4, 0.5) is 16.3 Å². The third-order valence-corrected chi connectivity index (χ3v) is 8.71. The molecule has 0 saturated carbocycles. The number of imidazole rings is 1. The van der Waals surface area contributed by atoms with E-state index in [-0.39, 0.29) is 18.5 Å². The van der Waals surface area contributed by atoms with Crippen molar-refractivity contribution < 1.29 is 23.8 Å². The van der Waals surface area contributed by atoms with E-state index in [1.807, 2.05) is 81.8 Å². The number of fused-ring (bicyclic) bond motifs is 4. The lowest BCUT2D eigenvalue weighted by atomic mass is 9.72. The third-order valence-electron chi connectivity index (χ3n) is 8.71. The molecule has 2 aliphatic rings. The van der Waals surface area contributed by atoms with Gasteiger partial charge in [0.05, 0.1) is 39.2 Å². The normalized spacial score (nSPS) is 15.9. The topological polar surface area (TPSA) is 121 Å². The fourth-order valence-electron chi connectivity index (χ4n) is 6.21. The number of hydrogen-bond acceptors (Lipinski definition) is 9. The van der Waals surface area contributed by atoms with Crippen LogP contribution in [0, 0.1) is 12.3 Å². The predicted molar refractivity (Wildman–Crippen MR) is 174 cm³/mol. The van der Waals surface area contributed by atoms with E-state index in [2.05, 4.69) is 20.3 Å². The summed E-state index contributed by atoms with van der Waals surface area (Å²) in [6.45, 7) is 8.61. The molecule has 236 valence electrons. The van der Waals surface area contributed by atoms with E-state index in [1.165, 1.54) is 6.33 Å². The maximum absolute atomic E-state index is 14.0. The van der Waals surface area contributed by atoms with Crippen molar-refractivity contribution >= 4 is 45.3 Å². The van der Waals surface area contributed by atoms with Crippen LogP contribution in [-0.4, -0.2) is 61.6 Å². The van der Waals surface area contributed by atoms with Gasteiger partial charge in [-0.2, -0.15) is 0 Å². The Morgan fingerprint density at radius 3 is 2.57 bits per heavy atom. The average Bonchev–Trinajstić information content (AvgIpc) is 3.39. The summed E-state index contributed by atoms with van der Waals surface area (Å²) in [5.41, 5.74) is 3.53. The van der Waals surface area contributed by atoms with Crippen LogP contribution in [0.5, 0.6) is 17.2 Å². The molecule has 7 rings (SSSR count). The second-order valence-electron chi connectivity index (χ2n) is 13.1. The van der Waals surface area contributed by atoms with Crippen molar-refractivity contribution in [2.45, 2.75) is 46.1 Å². The fraction of sp³-hybridized carbons (Fsp3) is 0.343. The summed E-state index contributed by atoms with van der Waals surface area (Å²) < 4.78 is 20.1. The summed E-state index contributed by atoms with van der Waals surface area (Å²) >= 11 is 0. The molecular weight excluding hydrogens is 584 g/mol. The number of ketones is 1. The fourth-order valence-corrected chi connectivity index (χ4v) is 6.21. The lowest BCUT2D eigenvalue weighted by molar-refractivity contribution is 0.00215. The Morgan fingerprint density at radius 1 is 1.00 bits per heavy atom. The van der Waals surface area contributed by atoms with Gasteiger partial charge in [-0.15, -0.1) is 0 Å². The van der Waals surface area contributed by atoms with Crippen molar-refractivity contribution in [2.24, 2.45) is 12.5 Å². The van der Waals surface area contributed by atoms with Gasteiger partial charge in [-0.05, 0) is 88.6 Å². The highest BCUT2D eigenvalue weighted by Crippen LogP contribution is 2.46. The van der Waals surface area contributed by atoms with Gasteiger partial charge in [0, 0.05) is 31.9 Å². The zero-order chi connectivity index (χ0) is 32.2. The maximum atomic E-state index is 14.0. The standard InChI is InChI=1S/C35H36N6O5/c1-21-16-22(6-11-28(21)45-23-7-10-27-26(17-23)38-20-40(27)5)39-32-29-25(36-19-37-32)9-8-24-30(29)44-18-35(31(24)42)12-14-41(15-13-35)33(43)46-34(2,3)4/h6-11,16-17,19-20H,12-15,18H2,1-5H3,(H,36,37,39). The minimum atomic E-state index is -0.698. The summed E-state index contributed by atoms with van der Waals surface area (Å²) in [7, 11) is 1.96. The number of nitrogens with zero attached hydrogens (tertiary/aromatic N) is 5. The van der Waals surface area contributed by atoms with E-state index in [0.717, 1.165) is 28.0 Å². The number of amides is 1. The molecular formula is C35H36N6O5. The van der Waals surface area contributed by atoms with Gasteiger partial charge in [0.1, 0.15) is 41.6 Å². The highest BCUT2D eigenvalue weighted by molar-refractivity contribution is 6.10. The molecule has 4 heterocycles. The molecule has 0 radical (unpaired) electrons. The van der Waals surface area contributed by atoms with Crippen LogP contribution in [0.3, 0.4) is 0 Å². The molecule has 1 fully saturated rings. The van der Waals surface area contributed by atoms with Gasteiger partial charge in [0.15, 0.2) is 5.78 Å². The number of benzene rings is 3. The van der Waals surface area contributed by atoms with Crippen LogP contribution in [-0.2, 0) is 11.8 Å². The first-order chi connectivity index (χ1) is 22.0. The van der Waals surface area contributed by atoms with Gasteiger partial charge >= 0.3 is 6.09 Å². The Morgan fingerprint density at radius 2 is 1.80 bits per heavy atom. The number of likely N-dealkylation sites (tertiary alicyclic amines) is 1. The predicted octanol–water partition coefficient (Wildman–Crippen LogP) is 6.95. The van der Waals surface area contributed by atoms with Gasteiger partial charge in [0.25, 0.3) is 0 Å². The largest absolute Gasteiger partial charge is 0.491 e. The Labute approximate surface area is 266 Å². The van der Waals surface area contributed by atoms with Gasteiger partial charge in [-0.3, -0.25) is 4.79 Å².